The van der Waals surface area contributed by atoms with Crippen LogP contribution in [0.3, 0.4) is 0 Å². The summed E-state index contributed by atoms with van der Waals surface area (Å²) in [5, 5.41) is 19.0. The van der Waals surface area contributed by atoms with Gasteiger partial charge in [0.25, 0.3) is 0 Å². The van der Waals surface area contributed by atoms with Crippen molar-refractivity contribution in [1.29, 1.82) is 0 Å². The molecule has 0 atom stereocenters. The highest BCUT2D eigenvalue weighted by Crippen LogP contribution is 2.47. The van der Waals surface area contributed by atoms with Gasteiger partial charge < -0.3 is 8.83 Å². The maximum Gasteiger partial charge on any atom is 0.143 e. The van der Waals surface area contributed by atoms with Crippen LogP contribution in [0.25, 0.3) is 142 Å². The summed E-state index contributed by atoms with van der Waals surface area (Å²) in [7, 11) is 0. The van der Waals surface area contributed by atoms with Gasteiger partial charge in [-0.1, -0.05) is 164 Å². The molecule has 0 saturated carbocycles. The van der Waals surface area contributed by atoms with Gasteiger partial charge in [0.05, 0.1) is 0 Å². The summed E-state index contributed by atoms with van der Waals surface area (Å²) < 4.78 is 13.6. The zero-order chi connectivity index (χ0) is 40.5. The number of fused-ring (bicyclic) bond motifs is 16. The first-order valence-corrected chi connectivity index (χ1v) is 21.3. The van der Waals surface area contributed by atoms with Gasteiger partial charge in [-0.05, 0) is 130 Å². The second kappa shape index (κ2) is 12.7. The van der Waals surface area contributed by atoms with Crippen LogP contribution in [0.15, 0.2) is 215 Å². The van der Waals surface area contributed by atoms with Crippen LogP contribution in [-0.2, 0) is 0 Å². The van der Waals surface area contributed by atoms with Crippen molar-refractivity contribution in [3.8, 4) is 33.4 Å². The first kappa shape index (κ1) is 33.6. The van der Waals surface area contributed by atoms with E-state index in [0.29, 0.717) is 0 Å². The molecule has 2 nitrogen and oxygen atoms in total. The molecule has 0 N–H and O–H groups in total. The third-order valence-electron chi connectivity index (χ3n) is 13.4. The minimum absolute atomic E-state index is 0.876. The summed E-state index contributed by atoms with van der Waals surface area (Å²) in [6.45, 7) is 0. The highest BCUT2D eigenvalue weighted by molar-refractivity contribution is 6.32. The number of furan rings is 2. The molecule has 2 heteroatoms. The Bertz CT molecular complexity index is 4160. The monoisotopic (exact) mass is 786 g/mol. The second-order valence-corrected chi connectivity index (χ2v) is 16.7. The Morgan fingerprint density at radius 1 is 0.226 bits per heavy atom. The molecular weight excluding hydrogens is 753 g/mol. The lowest BCUT2D eigenvalue weighted by molar-refractivity contribution is 0.669. The fourth-order valence-corrected chi connectivity index (χ4v) is 10.6. The van der Waals surface area contributed by atoms with Crippen LogP contribution in [0.4, 0.5) is 0 Å². The lowest BCUT2D eigenvalue weighted by Crippen LogP contribution is -1.91. The van der Waals surface area contributed by atoms with Crippen LogP contribution in [0.5, 0.6) is 0 Å². The fraction of sp³-hybridized carbons (Fsp3) is 0. The maximum absolute atomic E-state index is 6.92. The van der Waals surface area contributed by atoms with Crippen molar-refractivity contribution in [3.05, 3.63) is 206 Å². The van der Waals surface area contributed by atoms with Gasteiger partial charge in [-0.2, -0.15) is 0 Å². The van der Waals surface area contributed by atoms with E-state index in [4.69, 9.17) is 8.83 Å². The Morgan fingerprint density at radius 2 is 0.726 bits per heavy atom. The lowest BCUT2D eigenvalue weighted by Gasteiger charge is -2.18. The van der Waals surface area contributed by atoms with Crippen molar-refractivity contribution in [2.24, 2.45) is 0 Å². The van der Waals surface area contributed by atoms with E-state index < -0.39 is 0 Å². The molecule has 0 amide bonds. The van der Waals surface area contributed by atoms with Crippen LogP contribution in [-0.4, -0.2) is 0 Å². The lowest BCUT2D eigenvalue weighted by atomic mass is 9.85. The summed E-state index contributed by atoms with van der Waals surface area (Å²) in [6, 6.07) is 75.0. The van der Waals surface area contributed by atoms with Crippen molar-refractivity contribution in [2.75, 3.05) is 0 Å². The van der Waals surface area contributed by atoms with Crippen molar-refractivity contribution in [1.82, 2.24) is 0 Å². The molecule has 0 saturated heterocycles. The Labute approximate surface area is 355 Å². The molecule has 0 unspecified atom stereocenters. The van der Waals surface area contributed by atoms with E-state index in [1.54, 1.807) is 0 Å². The predicted molar refractivity (Wildman–Crippen MR) is 262 cm³/mol. The predicted octanol–water partition coefficient (Wildman–Crippen LogP) is 17.4. The van der Waals surface area contributed by atoms with Crippen LogP contribution in [0.2, 0.25) is 0 Å². The molecule has 14 rings (SSSR count). The van der Waals surface area contributed by atoms with E-state index >= 15 is 0 Å². The zero-order valence-electron chi connectivity index (χ0n) is 33.4. The van der Waals surface area contributed by atoms with E-state index in [0.717, 1.165) is 71.3 Å². The van der Waals surface area contributed by atoms with Gasteiger partial charge in [0.15, 0.2) is 0 Å². The molecule has 0 bridgehead atoms. The molecular formula is C60H34O2. The topological polar surface area (TPSA) is 26.3 Å². The van der Waals surface area contributed by atoms with Crippen molar-refractivity contribution < 1.29 is 8.83 Å². The standard InChI is InChI=1S/C60H34O2/c1-2-12-37-31-40(24-21-35(37)11-1)56-46-16-6-8-18-48(46)57(49-19-9-7-17-47(49)56)41-26-28-44-53-33-39(27-30-54(53)61-55(44)34-41)38-23-22-36-25-29-51-58-45-15-5-3-13-42(45)43-14-4-10-20-50(43)60(58)62-59(51)52(36)32-38/h1-34H. The second-order valence-electron chi connectivity index (χ2n) is 16.7. The van der Waals surface area contributed by atoms with Gasteiger partial charge >= 0.3 is 0 Å². The fourth-order valence-electron chi connectivity index (χ4n) is 10.6. The first-order chi connectivity index (χ1) is 30.7. The Hall–Kier alpha value is -8.20. The summed E-state index contributed by atoms with van der Waals surface area (Å²) in [5.74, 6) is 0. The minimum Gasteiger partial charge on any atom is -0.456 e. The van der Waals surface area contributed by atoms with E-state index in [1.807, 2.05) is 0 Å². The normalized spacial score (nSPS) is 12.2. The van der Waals surface area contributed by atoms with E-state index in [-0.39, 0.29) is 0 Å². The molecule has 0 radical (unpaired) electrons. The summed E-state index contributed by atoms with van der Waals surface area (Å²) >= 11 is 0. The molecule has 62 heavy (non-hydrogen) atoms. The van der Waals surface area contributed by atoms with Gasteiger partial charge in [0.2, 0.25) is 0 Å². The maximum atomic E-state index is 6.92. The highest BCUT2D eigenvalue weighted by atomic mass is 16.3. The SMILES string of the molecule is c1ccc2cc(-c3c4ccccc4c(-c4ccc5c(c4)oc4ccc(-c6ccc7ccc8c(oc9c%10ccccc%10c%10ccccc%10c89)c7c6)cc45)c4ccccc34)ccc2c1. The molecule has 14 aromatic rings. The molecule has 2 aromatic heterocycles. The summed E-state index contributed by atoms with van der Waals surface area (Å²) in [4.78, 5) is 0. The quantitative estimate of drug-likeness (QED) is 0.132. The van der Waals surface area contributed by atoms with Gasteiger partial charge in [0, 0.05) is 32.3 Å². The number of hydrogen-bond donors (Lipinski definition) is 0. The molecule has 0 fully saturated rings. The van der Waals surface area contributed by atoms with Crippen molar-refractivity contribution >= 4 is 109 Å². The number of rotatable bonds is 3. The Morgan fingerprint density at radius 3 is 1.45 bits per heavy atom. The van der Waals surface area contributed by atoms with Crippen LogP contribution >= 0.6 is 0 Å². The summed E-state index contributed by atoms with van der Waals surface area (Å²) in [5.41, 5.74) is 10.7. The smallest absolute Gasteiger partial charge is 0.143 e. The number of benzene rings is 12. The third-order valence-corrected chi connectivity index (χ3v) is 13.4. The molecule has 0 aliphatic carbocycles. The van der Waals surface area contributed by atoms with E-state index in [1.165, 1.54) is 70.6 Å². The van der Waals surface area contributed by atoms with Gasteiger partial charge in [-0.25, -0.2) is 0 Å². The average molecular weight is 787 g/mol. The third kappa shape index (κ3) is 4.75. The van der Waals surface area contributed by atoms with Gasteiger partial charge in [-0.15, -0.1) is 0 Å². The number of hydrogen-bond acceptors (Lipinski definition) is 2. The average Bonchev–Trinajstić information content (AvgIpc) is 3.92. The van der Waals surface area contributed by atoms with Crippen LogP contribution < -0.4 is 0 Å². The van der Waals surface area contributed by atoms with Crippen LogP contribution in [0, 0.1) is 0 Å². The van der Waals surface area contributed by atoms with E-state index in [2.05, 4.69) is 206 Å². The zero-order valence-corrected chi connectivity index (χ0v) is 33.4. The largest absolute Gasteiger partial charge is 0.456 e. The highest BCUT2D eigenvalue weighted by Gasteiger charge is 2.20. The Kier molecular flexibility index (Phi) is 6.86. The van der Waals surface area contributed by atoms with Crippen molar-refractivity contribution in [3.63, 3.8) is 0 Å². The molecule has 286 valence electrons. The minimum atomic E-state index is 0.876. The molecule has 0 spiro atoms. The molecule has 12 aromatic carbocycles. The summed E-state index contributed by atoms with van der Waals surface area (Å²) in [6.07, 6.45) is 0. The van der Waals surface area contributed by atoms with Gasteiger partial charge in [0.1, 0.15) is 22.3 Å². The van der Waals surface area contributed by atoms with Crippen LogP contribution in [0.1, 0.15) is 0 Å². The Balaban J connectivity index is 0.920. The first-order valence-electron chi connectivity index (χ1n) is 21.3. The van der Waals surface area contributed by atoms with Crippen molar-refractivity contribution in [2.45, 2.75) is 0 Å². The molecule has 0 aliphatic heterocycles. The van der Waals surface area contributed by atoms with E-state index in [9.17, 15) is 0 Å². The van der Waals surface area contributed by atoms with Gasteiger partial charge in [-0.3, -0.25) is 0 Å². The molecule has 2 heterocycles. The molecule has 0 aliphatic rings.